The maximum atomic E-state index is 12.6. The van der Waals surface area contributed by atoms with E-state index in [9.17, 15) is 4.79 Å². The molecule has 1 saturated heterocycles. The summed E-state index contributed by atoms with van der Waals surface area (Å²) < 4.78 is 3.56. The number of piperidine rings is 1. The van der Waals surface area contributed by atoms with Crippen LogP contribution >= 0.6 is 0 Å². The molecule has 1 aromatic carbocycles. The third-order valence-corrected chi connectivity index (χ3v) is 4.29. The number of para-hydroxylation sites is 1. The van der Waals surface area contributed by atoms with Crippen LogP contribution in [0.15, 0.2) is 41.5 Å². The topological polar surface area (TPSA) is 39.0 Å². The maximum absolute atomic E-state index is 12.6. The third-order valence-electron chi connectivity index (χ3n) is 4.29. The highest BCUT2D eigenvalue weighted by Crippen LogP contribution is 2.28. The van der Waals surface area contributed by atoms with Gasteiger partial charge in [0, 0.05) is 25.0 Å². The Morgan fingerprint density at radius 2 is 2.05 bits per heavy atom. The molecule has 21 heavy (non-hydrogen) atoms. The van der Waals surface area contributed by atoms with Crippen molar-refractivity contribution >= 4 is 0 Å². The summed E-state index contributed by atoms with van der Waals surface area (Å²) in [5.74, 6) is 0.490. The molecular weight excluding hydrogens is 262 g/mol. The first-order valence-electron chi connectivity index (χ1n) is 7.78. The van der Waals surface area contributed by atoms with Crippen LogP contribution in [0.25, 0.3) is 5.69 Å². The van der Waals surface area contributed by atoms with Crippen LogP contribution in [-0.2, 0) is 0 Å². The Hall–Kier alpha value is -1.81. The highest BCUT2D eigenvalue weighted by molar-refractivity contribution is 5.43. The quantitative estimate of drug-likeness (QED) is 0.941. The van der Waals surface area contributed by atoms with Gasteiger partial charge in [0.2, 0.25) is 0 Å². The minimum atomic E-state index is 0.0428. The molecule has 0 bridgehead atoms. The molecule has 4 nitrogen and oxygen atoms in total. The second-order valence-electron chi connectivity index (χ2n) is 6.05. The summed E-state index contributed by atoms with van der Waals surface area (Å²) in [6.45, 7) is 6.16. The molecule has 2 aromatic rings. The van der Waals surface area contributed by atoms with Crippen molar-refractivity contribution in [3.05, 3.63) is 52.7 Å². The second-order valence-corrected chi connectivity index (χ2v) is 6.05. The highest BCUT2D eigenvalue weighted by atomic mass is 16.1. The highest BCUT2D eigenvalue weighted by Gasteiger charge is 2.19. The Bertz CT molecular complexity index is 663. The van der Waals surface area contributed by atoms with Crippen LogP contribution in [0.3, 0.4) is 0 Å². The molecule has 1 aliphatic rings. The Balaban J connectivity index is 2.04. The number of nitrogens with one attached hydrogen (secondary N) is 1. The zero-order valence-corrected chi connectivity index (χ0v) is 12.7. The summed E-state index contributed by atoms with van der Waals surface area (Å²) in [6, 6.07) is 8.47. The number of nitrogens with zero attached hydrogens (tertiary/aromatic N) is 2. The summed E-state index contributed by atoms with van der Waals surface area (Å²) >= 11 is 0. The van der Waals surface area contributed by atoms with Crippen LogP contribution in [0, 0.1) is 0 Å². The lowest BCUT2D eigenvalue weighted by Crippen LogP contribution is -2.30. The third kappa shape index (κ3) is 2.68. The molecule has 4 heteroatoms. The molecule has 1 N–H and O–H groups in total. The SMILES string of the molecule is CC(C)n1ccn(-c2ccccc2C2CCCNC2)c1=O. The van der Waals surface area contributed by atoms with E-state index in [1.807, 2.05) is 32.3 Å². The van der Waals surface area contributed by atoms with Crippen LogP contribution in [0.5, 0.6) is 0 Å². The van der Waals surface area contributed by atoms with Crippen molar-refractivity contribution in [3.8, 4) is 5.69 Å². The van der Waals surface area contributed by atoms with Gasteiger partial charge >= 0.3 is 5.69 Å². The second kappa shape index (κ2) is 5.90. The van der Waals surface area contributed by atoms with Crippen molar-refractivity contribution in [2.24, 2.45) is 0 Å². The monoisotopic (exact) mass is 285 g/mol. The Kier molecular flexibility index (Phi) is 3.97. The Morgan fingerprint density at radius 3 is 2.71 bits per heavy atom. The minimum absolute atomic E-state index is 0.0428. The van der Waals surface area contributed by atoms with Gasteiger partial charge in [0.25, 0.3) is 0 Å². The van der Waals surface area contributed by atoms with E-state index in [0.29, 0.717) is 5.92 Å². The fourth-order valence-electron chi connectivity index (χ4n) is 3.14. The van der Waals surface area contributed by atoms with Crippen molar-refractivity contribution in [1.82, 2.24) is 14.5 Å². The number of benzene rings is 1. The van der Waals surface area contributed by atoms with Gasteiger partial charge in [-0.15, -0.1) is 0 Å². The lowest BCUT2D eigenvalue weighted by atomic mass is 9.90. The van der Waals surface area contributed by atoms with Gasteiger partial charge in [-0.05, 0) is 50.8 Å². The van der Waals surface area contributed by atoms with Crippen molar-refractivity contribution in [2.45, 2.75) is 38.6 Å². The molecule has 1 atom stereocenters. The number of rotatable bonds is 3. The Morgan fingerprint density at radius 1 is 1.24 bits per heavy atom. The summed E-state index contributed by atoms with van der Waals surface area (Å²) in [5.41, 5.74) is 2.34. The first-order valence-corrected chi connectivity index (χ1v) is 7.78. The van der Waals surface area contributed by atoms with E-state index >= 15 is 0 Å². The van der Waals surface area contributed by atoms with Crippen molar-refractivity contribution in [1.29, 1.82) is 0 Å². The fourth-order valence-corrected chi connectivity index (χ4v) is 3.14. The summed E-state index contributed by atoms with van der Waals surface area (Å²) in [4.78, 5) is 12.6. The van der Waals surface area contributed by atoms with Gasteiger partial charge < -0.3 is 5.32 Å². The maximum Gasteiger partial charge on any atom is 0.332 e. The van der Waals surface area contributed by atoms with E-state index in [1.165, 1.54) is 18.4 Å². The summed E-state index contributed by atoms with van der Waals surface area (Å²) in [6.07, 6.45) is 6.14. The molecule has 0 radical (unpaired) electrons. The fraction of sp³-hybridized carbons (Fsp3) is 0.471. The molecule has 3 rings (SSSR count). The average Bonchev–Trinajstić information content (AvgIpc) is 2.90. The Labute approximate surface area is 125 Å². The van der Waals surface area contributed by atoms with Gasteiger partial charge in [-0.1, -0.05) is 18.2 Å². The van der Waals surface area contributed by atoms with Crippen molar-refractivity contribution in [3.63, 3.8) is 0 Å². The molecular formula is C17H23N3O. The standard InChI is InChI=1S/C17H23N3O/c1-13(2)19-10-11-20(17(19)21)16-8-4-3-7-15(16)14-6-5-9-18-12-14/h3-4,7-8,10-11,13-14,18H,5-6,9,12H2,1-2H3. The molecule has 112 valence electrons. The zero-order chi connectivity index (χ0) is 14.8. The minimum Gasteiger partial charge on any atom is -0.316 e. The number of hydrogen-bond donors (Lipinski definition) is 1. The molecule has 1 aromatic heterocycles. The molecule has 0 amide bonds. The van der Waals surface area contributed by atoms with E-state index in [0.717, 1.165) is 18.8 Å². The largest absolute Gasteiger partial charge is 0.332 e. The van der Waals surface area contributed by atoms with E-state index in [-0.39, 0.29) is 11.7 Å². The number of hydrogen-bond acceptors (Lipinski definition) is 2. The first-order chi connectivity index (χ1) is 10.2. The number of aromatic nitrogens is 2. The molecule has 1 unspecified atom stereocenters. The van der Waals surface area contributed by atoms with E-state index < -0.39 is 0 Å². The lowest BCUT2D eigenvalue weighted by molar-refractivity contribution is 0.460. The molecule has 0 spiro atoms. The predicted molar refractivity (Wildman–Crippen MR) is 85.3 cm³/mol. The smallest absolute Gasteiger partial charge is 0.316 e. The van der Waals surface area contributed by atoms with E-state index in [2.05, 4.69) is 23.5 Å². The molecule has 1 aliphatic heterocycles. The zero-order valence-electron chi connectivity index (χ0n) is 12.7. The van der Waals surface area contributed by atoms with Gasteiger partial charge in [-0.2, -0.15) is 0 Å². The first kappa shape index (κ1) is 14.1. The van der Waals surface area contributed by atoms with Gasteiger partial charge in [-0.25, -0.2) is 4.79 Å². The molecule has 0 aliphatic carbocycles. The van der Waals surface area contributed by atoms with Crippen molar-refractivity contribution in [2.75, 3.05) is 13.1 Å². The van der Waals surface area contributed by atoms with Crippen molar-refractivity contribution < 1.29 is 0 Å². The average molecular weight is 285 g/mol. The van der Waals surface area contributed by atoms with Crippen LogP contribution in [-0.4, -0.2) is 22.2 Å². The lowest BCUT2D eigenvalue weighted by Gasteiger charge is -2.25. The van der Waals surface area contributed by atoms with Crippen LogP contribution in [0.4, 0.5) is 0 Å². The number of imidazole rings is 1. The van der Waals surface area contributed by atoms with Crippen LogP contribution < -0.4 is 11.0 Å². The van der Waals surface area contributed by atoms with Crippen LogP contribution in [0.2, 0.25) is 0 Å². The summed E-state index contributed by atoms with van der Waals surface area (Å²) in [7, 11) is 0. The van der Waals surface area contributed by atoms with E-state index in [4.69, 9.17) is 0 Å². The van der Waals surface area contributed by atoms with Crippen LogP contribution in [0.1, 0.15) is 44.2 Å². The van der Waals surface area contributed by atoms with Gasteiger partial charge in [0.1, 0.15) is 0 Å². The summed E-state index contributed by atoms with van der Waals surface area (Å²) in [5, 5.41) is 3.46. The predicted octanol–water partition coefficient (Wildman–Crippen LogP) is 2.69. The normalized spacial score (nSPS) is 19.1. The van der Waals surface area contributed by atoms with Gasteiger partial charge in [0.15, 0.2) is 0 Å². The van der Waals surface area contributed by atoms with Gasteiger partial charge in [-0.3, -0.25) is 9.13 Å². The molecule has 2 heterocycles. The van der Waals surface area contributed by atoms with E-state index in [1.54, 1.807) is 9.13 Å². The molecule has 0 saturated carbocycles. The molecule has 1 fully saturated rings. The van der Waals surface area contributed by atoms with Gasteiger partial charge in [0.05, 0.1) is 5.69 Å².